The third kappa shape index (κ3) is 9.38. The van der Waals surface area contributed by atoms with Crippen LogP contribution >= 0.6 is 24.0 Å². The Labute approximate surface area is 194 Å². The molecule has 0 aromatic carbocycles. The van der Waals surface area contributed by atoms with Crippen LogP contribution in [-0.4, -0.2) is 97.2 Å². The first-order chi connectivity index (χ1) is 13.7. The van der Waals surface area contributed by atoms with Gasteiger partial charge in [-0.25, -0.2) is 0 Å². The first-order valence-electron chi connectivity index (χ1n) is 11.3. The van der Waals surface area contributed by atoms with Crippen LogP contribution in [0.1, 0.15) is 52.4 Å². The van der Waals surface area contributed by atoms with Gasteiger partial charge in [0.2, 0.25) is 5.91 Å². The molecule has 2 N–H and O–H groups in total. The van der Waals surface area contributed by atoms with Crippen LogP contribution in [0, 0.1) is 5.92 Å². The lowest BCUT2D eigenvalue weighted by Gasteiger charge is -2.37. The van der Waals surface area contributed by atoms with Gasteiger partial charge in [0.25, 0.3) is 0 Å². The van der Waals surface area contributed by atoms with E-state index in [9.17, 15) is 9.90 Å². The van der Waals surface area contributed by atoms with E-state index in [0.29, 0.717) is 18.4 Å². The number of hydrogen-bond acceptors (Lipinski definition) is 4. The molecule has 1 atom stereocenters. The Morgan fingerprint density at radius 2 is 1.69 bits per heavy atom. The Morgan fingerprint density at radius 1 is 1.00 bits per heavy atom. The molecule has 0 bridgehead atoms. The second-order valence-corrected chi connectivity index (χ2v) is 8.07. The molecule has 7 nitrogen and oxygen atoms in total. The van der Waals surface area contributed by atoms with Crippen molar-refractivity contribution in [3.8, 4) is 0 Å². The summed E-state index contributed by atoms with van der Waals surface area (Å²) in [7, 11) is 0. The average molecular weight is 524 g/mol. The number of aliphatic imine (C=N–C) groups is 1. The summed E-state index contributed by atoms with van der Waals surface area (Å²) in [5.41, 5.74) is 0. The SMILES string of the molecule is CCCC(CCO)CN=C(NCC)N1CCN(CC(=O)N2CCCCC2)CC1.I. The summed E-state index contributed by atoms with van der Waals surface area (Å²) in [5, 5.41) is 12.7. The maximum absolute atomic E-state index is 12.5. The van der Waals surface area contributed by atoms with Gasteiger partial charge in [-0.3, -0.25) is 14.7 Å². The molecule has 0 saturated carbocycles. The zero-order valence-electron chi connectivity index (χ0n) is 18.4. The van der Waals surface area contributed by atoms with Crippen LogP contribution in [0.25, 0.3) is 0 Å². The number of nitrogens with one attached hydrogen (secondary N) is 1. The zero-order valence-corrected chi connectivity index (χ0v) is 20.8. The highest BCUT2D eigenvalue weighted by atomic mass is 127. The summed E-state index contributed by atoms with van der Waals surface area (Å²) >= 11 is 0. The molecule has 0 aliphatic carbocycles. The van der Waals surface area contributed by atoms with Crippen LogP contribution in [-0.2, 0) is 4.79 Å². The second kappa shape index (κ2) is 15.2. The predicted octanol–water partition coefficient (Wildman–Crippen LogP) is 2.00. The number of likely N-dealkylation sites (tertiary alicyclic amines) is 1. The molecule has 8 heteroatoms. The van der Waals surface area contributed by atoms with Gasteiger partial charge in [0.05, 0.1) is 6.54 Å². The van der Waals surface area contributed by atoms with Crippen molar-refractivity contribution < 1.29 is 9.90 Å². The van der Waals surface area contributed by atoms with Crippen LogP contribution in [0.15, 0.2) is 4.99 Å². The molecule has 0 spiro atoms. The standard InChI is InChI=1S/C21H41N5O2.HI/c1-3-8-19(9-16-27)17-23-21(22-4-2)26-14-12-24(13-15-26)18-20(28)25-10-6-5-7-11-25;/h19,27H,3-18H2,1-2H3,(H,22,23);1H. The molecule has 2 rings (SSSR count). The summed E-state index contributed by atoms with van der Waals surface area (Å²) in [6.45, 7) is 12.2. The molecular formula is C21H42IN5O2. The number of hydrogen-bond donors (Lipinski definition) is 2. The quantitative estimate of drug-likeness (QED) is 0.275. The average Bonchev–Trinajstić information content (AvgIpc) is 2.72. The van der Waals surface area contributed by atoms with E-state index in [0.717, 1.165) is 90.4 Å². The number of aliphatic hydroxyl groups excluding tert-OH is 1. The Kier molecular flexibility index (Phi) is 13.9. The lowest BCUT2D eigenvalue weighted by molar-refractivity contribution is -0.133. The Morgan fingerprint density at radius 3 is 2.28 bits per heavy atom. The molecule has 2 aliphatic rings. The molecular weight excluding hydrogens is 481 g/mol. The number of carbonyl (C=O) groups excluding carboxylic acids is 1. The number of piperazine rings is 1. The molecule has 0 radical (unpaired) electrons. The lowest BCUT2D eigenvalue weighted by Crippen LogP contribution is -2.54. The molecule has 0 aromatic heterocycles. The Hall–Kier alpha value is -0.610. The fourth-order valence-electron chi connectivity index (χ4n) is 4.11. The number of nitrogens with zero attached hydrogens (tertiary/aromatic N) is 4. The van der Waals surface area contributed by atoms with E-state index >= 15 is 0 Å². The molecule has 29 heavy (non-hydrogen) atoms. The predicted molar refractivity (Wildman–Crippen MR) is 130 cm³/mol. The van der Waals surface area contributed by atoms with Gasteiger partial charge in [-0.05, 0) is 44.9 Å². The maximum Gasteiger partial charge on any atom is 0.236 e. The molecule has 2 saturated heterocycles. The topological polar surface area (TPSA) is 71.4 Å². The summed E-state index contributed by atoms with van der Waals surface area (Å²) in [6.07, 6.45) is 6.61. The van der Waals surface area contributed by atoms with E-state index < -0.39 is 0 Å². The minimum atomic E-state index is 0. The molecule has 0 aromatic rings. The van der Waals surface area contributed by atoms with Crippen molar-refractivity contribution in [2.45, 2.75) is 52.4 Å². The molecule has 1 amide bonds. The van der Waals surface area contributed by atoms with Crippen LogP contribution in [0.4, 0.5) is 0 Å². The molecule has 2 heterocycles. The first-order valence-corrected chi connectivity index (χ1v) is 11.3. The molecule has 2 aliphatic heterocycles. The highest BCUT2D eigenvalue weighted by Gasteiger charge is 2.24. The molecule has 170 valence electrons. The smallest absolute Gasteiger partial charge is 0.236 e. The summed E-state index contributed by atoms with van der Waals surface area (Å²) in [4.78, 5) is 24.0. The van der Waals surface area contributed by atoms with Crippen LogP contribution < -0.4 is 5.32 Å². The van der Waals surface area contributed by atoms with Gasteiger partial charge in [0.15, 0.2) is 5.96 Å². The first kappa shape index (κ1) is 26.4. The minimum Gasteiger partial charge on any atom is -0.396 e. The summed E-state index contributed by atoms with van der Waals surface area (Å²) in [6, 6.07) is 0. The lowest BCUT2D eigenvalue weighted by atomic mass is 10.0. The summed E-state index contributed by atoms with van der Waals surface area (Å²) < 4.78 is 0. The van der Waals surface area contributed by atoms with E-state index in [4.69, 9.17) is 4.99 Å². The minimum absolute atomic E-state index is 0. The van der Waals surface area contributed by atoms with E-state index in [-0.39, 0.29) is 30.6 Å². The number of amides is 1. The molecule has 2 fully saturated rings. The highest BCUT2D eigenvalue weighted by molar-refractivity contribution is 14.0. The van der Waals surface area contributed by atoms with E-state index in [2.05, 4.69) is 29.0 Å². The second-order valence-electron chi connectivity index (χ2n) is 8.07. The van der Waals surface area contributed by atoms with Crippen molar-refractivity contribution >= 4 is 35.8 Å². The van der Waals surface area contributed by atoms with Crippen LogP contribution in [0.2, 0.25) is 0 Å². The van der Waals surface area contributed by atoms with Gasteiger partial charge in [-0.1, -0.05) is 13.3 Å². The van der Waals surface area contributed by atoms with Gasteiger partial charge in [0.1, 0.15) is 0 Å². The zero-order chi connectivity index (χ0) is 20.2. The fraction of sp³-hybridized carbons (Fsp3) is 0.905. The number of rotatable bonds is 9. The van der Waals surface area contributed by atoms with Gasteiger partial charge in [-0.2, -0.15) is 0 Å². The fourth-order valence-corrected chi connectivity index (χ4v) is 4.11. The van der Waals surface area contributed by atoms with Crippen molar-refractivity contribution in [3.63, 3.8) is 0 Å². The van der Waals surface area contributed by atoms with Crippen molar-refractivity contribution in [3.05, 3.63) is 0 Å². The number of carbonyl (C=O) groups is 1. The van der Waals surface area contributed by atoms with Crippen molar-refractivity contribution in [1.82, 2.24) is 20.0 Å². The van der Waals surface area contributed by atoms with Gasteiger partial charge >= 0.3 is 0 Å². The molecule has 1 unspecified atom stereocenters. The largest absolute Gasteiger partial charge is 0.396 e. The van der Waals surface area contributed by atoms with E-state index in [1.165, 1.54) is 6.42 Å². The maximum atomic E-state index is 12.5. The van der Waals surface area contributed by atoms with Crippen LogP contribution in [0.5, 0.6) is 0 Å². The number of guanidine groups is 1. The number of halogens is 1. The van der Waals surface area contributed by atoms with Gasteiger partial charge < -0.3 is 20.2 Å². The van der Waals surface area contributed by atoms with E-state index in [1.54, 1.807) is 0 Å². The van der Waals surface area contributed by atoms with Crippen molar-refractivity contribution in [1.29, 1.82) is 0 Å². The van der Waals surface area contributed by atoms with Gasteiger partial charge in [-0.15, -0.1) is 24.0 Å². The van der Waals surface area contributed by atoms with Gasteiger partial charge in [0, 0.05) is 59.0 Å². The Bertz CT molecular complexity index is 472. The monoisotopic (exact) mass is 523 g/mol. The third-order valence-corrected chi connectivity index (χ3v) is 5.81. The van der Waals surface area contributed by atoms with Crippen molar-refractivity contribution in [2.24, 2.45) is 10.9 Å². The summed E-state index contributed by atoms with van der Waals surface area (Å²) in [5.74, 6) is 1.72. The third-order valence-electron chi connectivity index (χ3n) is 5.81. The normalized spacial score (nSPS) is 19.6. The highest BCUT2D eigenvalue weighted by Crippen LogP contribution is 2.13. The van der Waals surface area contributed by atoms with E-state index in [1.807, 2.05) is 4.90 Å². The Balaban J connectivity index is 0.00000420. The number of piperidine rings is 1. The number of aliphatic hydroxyl groups is 1. The van der Waals surface area contributed by atoms with Crippen LogP contribution in [0.3, 0.4) is 0 Å². The van der Waals surface area contributed by atoms with Crippen molar-refractivity contribution in [2.75, 3.05) is 65.5 Å².